The van der Waals surface area contributed by atoms with Crippen molar-refractivity contribution in [2.45, 2.75) is 44.6 Å². The van der Waals surface area contributed by atoms with Crippen LogP contribution < -0.4 is 0 Å². The molecule has 0 spiro atoms. The van der Waals surface area contributed by atoms with Crippen molar-refractivity contribution in [2.75, 3.05) is 0 Å². The molecule has 0 heterocycles. The van der Waals surface area contributed by atoms with Gasteiger partial charge in [-0.25, -0.2) is 0 Å². The van der Waals surface area contributed by atoms with Crippen molar-refractivity contribution in [1.82, 2.24) is 0 Å². The number of hydrogen-bond donors (Lipinski definition) is 1. The second kappa shape index (κ2) is 3.83. The molecule has 0 bridgehead atoms. The molecule has 1 N–H and O–H groups in total. The summed E-state index contributed by atoms with van der Waals surface area (Å²) in [7, 11) is 0. The highest BCUT2D eigenvalue weighted by atomic mass is 16.3. The molecule has 0 aliphatic heterocycles. The van der Waals surface area contributed by atoms with E-state index in [-0.39, 0.29) is 11.5 Å². The van der Waals surface area contributed by atoms with Crippen LogP contribution in [0.3, 0.4) is 0 Å². The minimum Gasteiger partial charge on any atom is -0.393 e. The van der Waals surface area contributed by atoms with Crippen LogP contribution in [0.2, 0.25) is 0 Å². The van der Waals surface area contributed by atoms with Crippen molar-refractivity contribution in [1.29, 1.82) is 0 Å². The van der Waals surface area contributed by atoms with E-state index in [2.05, 4.69) is 43.3 Å². The smallest absolute Gasteiger partial charge is 0.0600 e. The summed E-state index contributed by atoms with van der Waals surface area (Å²) in [6, 6.07) is 13.3. The van der Waals surface area contributed by atoms with Gasteiger partial charge in [-0.15, -0.1) is 0 Å². The van der Waals surface area contributed by atoms with Gasteiger partial charge >= 0.3 is 0 Å². The molecule has 4 rings (SSSR count). The second-order valence-corrected chi connectivity index (χ2v) is 6.51. The van der Waals surface area contributed by atoms with Crippen LogP contribution >= 0.6 is 0 Å². The molecule has 1 heteroatoms. The third-order valence-electron chi connectivity index (χ3n) is 5.65. The van der Waals surface area contributed by atoms with Crippen LogP contribution in [0.4, 0.5) is 0 Å². The van der Waals surface area contributed by atoms with Crippen LogP contribution in [0.5, 0.6) is 0 Å². The molecule has 3 atom stereocenters. The number of benzene rings is 2. The number of fused-ring (bicyclic) bond motifs is 5. The summed E-state index contributed by atoms with van der Waals surface area (Å²) in [5.41, 5.74) is 3.15. The molecule has 0 amide bonds. The topological polar surface area (TPSA) is 20.2 Å². The Morgan fingerprint density at radius 1 is 1.11 bits per heavy atom. The predicted octanol–water partition coefficient (Wildman–Crippen LogP) is 4.03. The lowest BCUT2D eigenvalue weighted by molar-refractivity contribution is 0.0459. The Labute approximate surface area is 114 Å². The maximum Gasteiger partial charge on any atom is 0.0600 e. The molecule has 0 aromatic heterocycles. The first-order chi connectivity index (χ1) is 9.20. The van der Waals surface area contributed by atoms with Gasteiger partial charge in [-0.2, -0.15) is 0 Å². The van der Waals surface area contributed by atoms with Gasteiger partial charge < -0.3 is 5.11 Å². The van der Waals surface area contributed by atoms with E-state index >= 15 is 0 Å². The Hall–Kier alpha value is -1.34. The normalized spacial score (nSPS) is 33.2. The van der Waals surface area contributed by atoms with Gasteiger partial charge in [0, 0.05) is 5.41 Å². The molecular weight excluding hydrogens is 232 g/mol. The van der Waals surface area contributed by atoms with Crippen LogP contribution in [-0.4, -0.2) is 11.2 Å². The van der Waals surface area contributed by atoms with E-state index in [1.807, 2.05) is 0 Å². The summed E-state index contributed by atoms with van der Waals surface area (Å²) in [4.78, 5) is 0. The van der Waals surface area contributed by atoms with Gasteiger partial charge in [0.1, 0.15) is 0 Å². The van der Waals surface area contributed by atoms with Gasteiger partial charge in [0.25, 0.3) is 0 Å². The Kier molecular flexibility index (Phi) is 2.32. The minimum atomic E-state index is -0.114. The van der Waals surface area contributed by atoms with E-state index in [0.717, 1.165) is 25.7 Å². The number of rotatable bonds is 0. The fraction of sp³-hybridized carbons (Fsp3) is 0.444. The first kappa shape index (κ1) is 11.5. The van der Waals surface area contributed by atoms with Gasteiger partial charge in [0.2, 0.25) is 0 Å². The highest BCUT2D eigenvalue weighted by Gasteiger charge is 2.48. The molecule has 2 aliphatic rings. The van der Waals surface area contributed by atoms with Gasteiger partial charge in [-0.3, -0.25) is 0 Å². The monoisotopic (exact) mass is 252 g/mol. The molecule has 2 unspecified atom stereocenters. The zero-order valence-electron chi connectivity index (χ0n) is 11.4. The Balaban J connectivity index is 1.94. The molecular formula is C18H20O. The summed E-state index contributed by atoms with van der Waals surface area (Å²) in [6.45, 7) is 2.29. The largest absolute Gasteiger partial charge is 0.393 e. The van der Waals surface area contributed by atoms with Crippen molar-refractivity contribution in [3.63, 3.8) is 0 Å². The molecule has 2 aliphatic carbocycles. The number of aliphatic hydroxyl groups is 1. The summed E-state index contributed by atoms with van der Waals surface area (Å²) in [6.07, 6.45) is 4.23. The van der Waals surface area contributed by atoms with E-state index in [1.165, 1.54) is 21.9 Å². The lowest BCUT2D eigenvalue weighted by Crippen LogP contribution is -2.35. The SMILES string of the molecule is C[C@]12CCc3c(ccc4ccccc34)C1CCC2O. The first-order valence-electron chi connectivity index (χ1n) is 7.39. The van der Waals surface area contributed by atoms with Crippen LogP contribution in [0, 0.1) is 5.41 Å². The molecule has 2 aromatic rings. The molecule has 1 saturated carbocycles. The van der Waals surface area contributed by atoms with Crippen molar-refractivity contribution < 1.29 is 5.11 Å². The lowest BCUT2D eigenvalue weighted by Gasteiger charge is -2.40. The summed E-state index contributed by atoms with van der Waals surface area (Å²) in [5, 5.41) is 13.1. The Morgan fingerprint density at radius 3 is 2.84 bits per heavy atom. The van der Waals surface area contributed by atoms with E-state index in [1.54, 1.807) is 0 Å². The molecule has 98 valence electrons. The summed E-state index contributed by atoms with van der Waals surface area (Å²) in [5.74, 6) is 0.552. The molecule has 1 nitrogen and oxygen atoms in total. The van der Waals surface area contributed by atoms with Crippen molar-refractivity contribution >= 4 is 10.8 Å². The van der Waals surface area contributed by atoms with Gasteiger partial charge in [-0.05, 0) is 53.5 Å². The number of aryl methyl sites for hydroxylation is 1. The third-order valence-corrected chi connectivity index (χ3v) is 5.65. The maximum atomic E-state index is 10.3. The summed E-state index contributed by atoms with van der Waals surface area (Å²) >= 11 is 0. The fourth-order valence-corrected chi connectivity index (χ4v) is 4.42. The maximum absolute atomic E-state index is 10.3. The number of hydrogen-bond acceptors (Lipinski definition) is 1. The third kappa shape index (κ3) is 1.45. The Morgan fingerprint density at radius 2 is 1.95 bits per heavy atom. The van der Waals surface area contributed by atoms with Crippen molar-refractivity contribution in [2.24, 2.45) is 5.41 Å². The van der Waals surface area contributed by atoms with Crippen LogP contribution in [-0.2, 0) is 6.42 Å². The second-order valence-electron chi connectivity index (χ2n) is 6.51. The lowest BCUT2D eigenvalue weighted by atomic mass is 9.65. The van der Waals surface area contributed by atoms with Gasteiger partial charge in [0.05, 0.1) is 6.10 Å². The Bertz CT molecular complexity index is 645. The zero-order chi connectivity index (χ0) is 13.0. The average molecular weight is 252 g/mol. The van der Waals surface area contributed by atoms with Crippen LogP contribution in [0.15, 0.2) is 36.4 Å². The average Bonchev–Trinajstić information content (AvgIpc) is 2.75. The molecule has 19 heavy (non-hydrogen) atoms. The zero-order valence-corrected chi connectivity index (χ0v) is 11.4. The molecule has 1 fully saturated rings. The minimum absolute atomic E-state index is 0.107. The van der Waals surface area contributed by atoms with E-state index in [9.17, 15) is 5.11 Å². The predicted molar refractivity (Wildman–Crippen MR) is 78.4 cm³/mol. The molecule has 0 saturated heterocycles. The van der Waals surface area contributed by atoms with E-state index in [4.69, 9.17) is 0 Å². The van der Waals surface area contributed by atoms with Gasteiger partial charge in [-0.1, -0.05) is 43.3 Å². The van der Waals surface area contributed by atoms with Gasteiger partial charge in [0.15, 0.2) is 0 Å². The van der Waals surface area contributed by atoms with Crippen LogP contribution in [0.1, 0.15) is 43.2 Å². The van der Waals surface area contributed by atoms with E-state index in [0.29, 0.717) is 5.92 Å². The van der Waals surface area contributed by atoms with Crippen molar-refractivity contribution in [3.8, 4) is 0 Å². The molecule has 0 radical (unpaired) electrons. The quantitative estimate of drug-likeness (QED) is 0.750. The highest BCUT2D eigenvalue weighted by molar-refractivity contribution is 5.87. The fourth-order valence-electron chi connectivity index (χ4n) is 4.42. The van der Waals surface area contributed by atoms with Crippen molar-refractivity contribution in [3.05, 3.63) is 47.5 Å². The summed E-state index contributed by atoms with van der Waals surface area (Å²) < 4.78 is 0. The van der Waals surface area contributed by atoms with Crippen LogP contribution in [0.25, 0.3) is 10.8 Å². The number of aliphatic hydroxyl groups excluding tert-OH is 1. The standard InChI is InChI=1S/C18H20O/c1-18-11-10-14-13-5-3-2-4-12(13)6-7-15(14)16(18)8-9-17(18)19/h2-7,16-17,19H,8-11H2,1H3/t16?,17?,18-/m0/s1. The first-order valence-corrected chi connectivity index (χ1v) is 7.39. The molecule has 2 aromatic carbocycles. The van der Waals surface area contributed by atoms with E-state index < -0.39 is 0 Å². The highest BCUT2D eigenvalue weighted by Crippen LogP contribution is 2.56.